The molecule has 0 spiro atoms. The summed E-state index contributed by atoms with van der Waals surface area (Å²) in [7, 11) is -2.44. The monoisotopic (exact) mass is 304 g/mol. The van der Waals surface area contributed by atoms with Crippen LogP contribution in [0.3, 0.4) is 0 Å². The highest BCUT2D eigenvalue weighted by Crippen LogP contribution is 2.29. The Balaban J connectivity index is 2.32. The first-order valence-electron chi connectivity index (χ1n) is 6.47. The van der Waals surface area contributed by atoms with Crippen molar-refractivity contribution in [1.82, 2.24) is 0 Å². The number of hydrogen-bond donors (Lipinski definition) is 2. The van der Waals surface area contributed by atoms with E-state index in [4.69, 9.17) is 14.3 Å². The van der Waals surface area contributed by atoms with Gasteiger partial charge in [-0.05, 0) is 56.2 Å². The molecule has 0 radical (unpaired) electrons. The van der Waals surface area contributed by atoms with Gasteiger partial charge < -0.3 is 14.3 Å². The third kappa shape index (κ3) is 3.67. The Morgan fingerprint density at radius 2 is 1.52 bits per heavy atom. The minimum atomic E-state index is -2.44. The molecule has 0 aliphatic carbocycles. The Hall–Kier alpha value is -1.74. The van der Waals surface area contributed by atoms with Crippen LogP contribution in [0.25, 0.3) is 0 Å². The zero-order chi connectivity index (χ0) is 15.6. The van der Waals surface area contributed by atoms with Gasteiger partial charge in [0.2, 0.25) is 0 Å². The number of aryl methyl sites for hydroxylation is 3. The van der Waals surface area contributed by atoms with Crippen LogP contribution in [0.5, 0.6) is 5.75 Å². The maximum atomic E-state index is 12.6. The molecular weight excluding hydrogens is 287 g/mol. The van der Waals surface area contributed by atoms with E-state index in [1.807, 2.05) is 32.9 Å². The van der Waals surface area contributed by atoms with Gasteiger partial charge in [-0.2, -0.15) is 0 Å². The number of rotatable bonds is 4. The molecule has 2 rings (SSSR count). The first-order chi connectivity index (χ1) is 9.88. The van der Waals surface area contributed by atoms with Crippen molar-refractivity contribution in [1.29, 1.82) is 0 Å². The van der Waals surface area contributed by atoms with Crippen molar-refractivity contribution in [3.8, 4) is 5.75 Å². The van der Waals surface area contributed by atoms with Gasteiger partial charge >= 0.3 is 8.60 Å². The molecule has 0 amide bonds. The van der Waals surface area contributed by atoms with Crippen molar-refractivity contribution in [3.05, 3.63) is 64.2 Å². The van der Waals surface area contributed by atoms with Gasteiger partial charge in [-0.25, -0.2) is 0 Å². The van der Waals surface area contributed by atoms with Crippen LogP contribution >= 0.6 is 8.60 Å². The van der Waals surface area contributed by atoms with E-state index in [-0.39, 0.29) is 5.78 Å². The number of hydrogen-bond acceptors (Lipinski definition) is 4. The van der Waals surface area contributed by atoms with E-state index in [1.165, 1.54) is 0 Å². The molecule has 0 saturated carbocycles. The second kappa shape index (κ2) is 6.35. The zero-order valence-corrected chi connectivity index (χ0v) is 13.0. The SMILES string of the molecule is Cc1cc(C)c(C(=O)c2ccc(OP(O)O)cc2)c(C)c1. The summed E-state index contributed by atoms with van der Waals surface area (Å²) in [5.41, 5.74) is 4.28. The third-order valence-corrected chi connectivity index (χ3v) is 3.58. The Labute approximate surface area is 125 Å². The van der Waals surface area contributed by atoms with Crippen LogP contribution in [0.1, 0.15) is 32.6 Å². The predicted molar refractivity (Wildman–Crippen MR) is 82.5 cm³/mol. The number of ketones is 1. The molecule has 21 heavy (non-hydrogen) atoms. The van der Waals surface area contributed by atoms with Crippen molar-refractivity contribution < 1.29 is 19.1 Å². The molecule has 0 saturated heterocycles. The first kappa shape index (κ1) is 15.6. The topological polar surface area (TPSA) is 66.8 Å². The Morgan fingerprint density at radius 1 is 1.00 bits per heavy atom. The zero-order valence-electron chi connectivity index (χ0n) is 12.1. The molecule has 4 nitrogen and oxygen atoms in total. The molecule has 0 heterocycles. The van der Waals surface area contributed by atoms with E-state index in [9.17, 15) is 4.79 Å². The average Bonchev–Trinajstić information content (AvgIpc) is 2.37. The van der Waals surface area contributed by atoms with Gasteiger partial charge in [0.1, 0.15) is 5.75 Å². The van der Waals surface area contributed by atoms with Crippen molar-refractivity contribution in [3.63, 3.8) is 0 Å². The Bertz CT molecular complexity index is 639. The Morgan fingerprint density at radius 3 is 2.00 bits per heavy atom. The van der Waals surface area contributed by atoms with Gasteiger partial charge in [0.25, 0.3) is 0 Å². The largest absolute Gasteiger partial charge is 0.427 e. The van der Waals surface area contributed by atoms with Crippen molar-refractivity contribution in [2.45, 2.75) is 20.8 Å². The second-order valence-electron chi connectivity index (χ2n) is 4.97. The first-order valence-corrected chi connectivity index (χ1v) is 7.63. The Kier molecular flexibility index (Phi) is 4.73. The lowest BCUT2D eigenvalue weighted by Crippen LogP contribution is -2.06. The van der Waals surface area contributed by atoms with Gasteiger partial charge in [-0.15, -0.1) is 0 Å². The average molecular weight is 304 g/mol. The van der Waals surface area contributed by atoms with E-state index in [1.54, 1.807) is 24.3 Å². The molecule has 0 aliphatic heterocycles. The summed E-state index contributed by atoms with van der Waals surface area (Å²) < 4.78 is 4.78. The molecule has 2 aromatic carbocycles. The van der Waals surface area contributed by atoms with Crippen molar-refractivity contribution in [2.75, 3.05) is 0 Å². The van der Waals surface area contributed by atoms with Crippen LogP contribution < -0.4 is 4.52 Å². The number of benzene rings is 2. The summed E-state index contributed by atoms with van der Waals surface area (Å²) in [5, 5.41) is 0. The third-order valence-electron chi connectivity index (χ3n) is 3.21. The standard InChI is InChI=1S/C16H17O4P/c1-10-8-11(2)15(12(3)9-10)16(17)13-4-6-14(7-5-13)20-21(18)19/h4-9,18-19H,1-3H3. The highest BCUT2D eigenvalue weighted by molar-refractivity contribution is 7.39. The summed E-state index contributed by atoms with van der Waals surface area (Å²) in [5.74, 6) is 0.270. The lowest BCUT2D eigenvalue weighted by atomic mass is 9.93. The lowest BCUT2D eigenvalue weighted by molar-refractivity contribution is 0.103. The highest BCUT2D eigenvalue weighted by atomic mass is 31.2. The summed E-state index contributed by atoms with van der Waals surface area (Å²) >= 11 is 0. The van der Waals surface area contributed by atoms with Crippen LogP contribution in [-0.2, 0) is 0 Å². The summed E-state index contributed by atoms with van der Waals surface area (Å²) in [6.45, 7) is 5.85. The van der Waals surface area contributed by atoms with Crippen molar-refractivity contribution in [2.24, 2.45) is 0 Å². The smallest absolute Gasteiger partial charge is 0.391 e. The minimum absolute atomic E-state index is 0.0492. The van der Waals surface area contributed by atoms with Gasteiger partial charge in [-0.1, -0.05) is 17.7 Å². The molecule has 0 aliphatic rings. The molecule has 2 N–H and O–H groups in total. The minimum Gasteiger partial charge on any atom is -0.427 e. The number of carbonyl (C=O) groups is 1. The molecule has 5 heteroatoms. The van der Waals surface area contributed by atoms with E-state index < -0.39 is 8.60 Å². The molecule has 0 unspecified atom stereocenters. The fourth-order valence-electron chi connectivity index (χ4n) is 2.44. The predicted octanol–water partition coefficient (Wildman–Crippen LogP) is 3.43. The van der Waals surface area contributed by atoms with E-state index in [2.05, 4.69) is 0 Å². The molecule has 0 atom stereocenters. The lowest BCUT2D eigenvalue weighted by Gasteiger charge is -2.11. The summed E-state index contributed by atoms with van der Waals surface area (Å²) in [6.07, 6.45) is 0. The van der Waals surface area contributed by atoms with E-state index >= 15 is 0 Å². The fraction of sp³-hybridized carbons (Fsp3) is 0.188. The van der Waals surface area contributed by atoms with Gasteiger partial charge in [0.05, 0.1) is 0 Å². The maximum absolute atomic E-state index is 12.6. The molecule has 0 fully saturated rings. The highest BCUT2D eigenvalue weighted by Gasteiger charge is 2.15. The van der Waals surface area contributed by atoms with Gasteiger partial charge in [-0.3, -0.25) is 4.79 Å². The summed E-state index contributed by atoms with van der Waals surface area (Å²) in [4.78, 5) is 30.2. The van der Waals surface area contributed by atoms with Crippen LogP contribution in [-0.4, -0.2) is 15.6 Å². The van der Waals surface area contributed by atoms with Crippen molar-refractivity contribution >= 4 is 14.4 Å². The normalized spacial score (nSPS) is 10.8. The fourth-order valence-corrected chi connectivity index (χ4v) is 2.75. The molecule has 0 aromatic heterocycles. The van der Waals surface area contributed by atoms with E-state index in [0.29, 0.717) is 16.9 Å². The van der Waals surface area contributed by atoms with E-state index in [0.717, 1.165) is 16.7 Å². The quantitative estimate of drug-likeness (QED) is 0.671. The maximum Gasteiger partial charge on any atom is 0.391 e. The number of carbonyl (C=O) groups excluding carboxylic acids is 1. The molecular formula is C16H17O4P. The second-order valence-corrected chi connectivity index (χ2v) is 5.66. The molecule has 2 aromatic rings. The van der Waals surface area contributed by atoms with Gasteiger partial charge in [0, 0.05) is 11.1 Å². The van der Waals surface area contributed by atoms with Crippen LogP contribution in [0, 0.1) is 20.8 Å². The van der Waals surface area contributed by atoms with Crippen LogP contribution in [0.15, 0.2) is 36.4 Å². The molecule has 110 valence electrons. The van der Waals surface area contributed by atoms with Crippen LogP contribution in [0.4, 0.5) is 0 Å². The van der Waals surface area contributed by atoms with Crippen LogP contribution in [0.2, 0.25) is 0 Å². The van der Waals surface area contributed by atoms with Gasteiger partial charge in [0.15, 0.2) is 5.78 Å². The summed E-state index contributed by atoms with van der Waals surface area (Å²) in [6, 6.07) is 10.3. The molecule has 0 bridgehead atoms.